The van der Waals surface area contributed by atoms with Crippen LogP contribution >= 0.6 is 11.6 Å². The lowest BCUT2D eigenvalue weighted by molar-refractivity contribution is 0.411. The van der Waals surface area contributed by atoms with Crippen LogP contribution in [0.25, 0.3) is 0 Å². The van der Waals surface area contributed by atoms with Crippen LogP contribution in [0.5, 0.6) is 17.4 Å². The number of alkyl halides is 1. The van der Waals surface area contributed by atoms with E-state index in [2.05, 4.69) is 10.2 Å². The van der Waals surface area contributed by atoms with Crippen LogP contribution in [0.3, 0.4) is 0 Å². The third-order valence-electron chi connectivity index (χ3n) is 2.11. The minimum absolute atomic E-state index is 0.343. The number of rotatable bonds is 4. The van der Waals surface area contributed by atoms with Crippen LogP contribution in [-0.4, -0.2) is 17.3 Å². The maximum atomic E-state index is 5.62. The Labute approximate surface area is 104 Å². The van der Waals surface area contributed by atoms with Gasteiger partial charge in [-0.25, -0.2) is 0 Å². The summed E-state index contributed by atoms with van der Waals surface area (Å²) in [5, 5.41) is 7.79. The van der Waals surface area contributed by atoms with Crippen LogP contribution in [0.2, 0.25) is 0 Å². The highest BCUT2D eigenvalue weighted by Crippen LogP contribution is 2.21. The van der Waals surface area contributed by atoms with Crippen LogP contribution in [0, 0.1) is 0 Å². The molecule has 17 heavy (non-hydrogen) atoms. The zero-order valence-electron chi connectivity index (χ0n) is 9.26. The summed E-state index contributed by atoms with van der Waals surface area (Å²) in [5.74, 6) is 2.24. The molecule has 2 aromatic rings. The molecule has 0 N–H and O–H groups in total. The first kappa shape index (κ1) is 11.7. The van der Waals surface area contributed by atoms with Crippen molar-refractivity contribution in [1.29, 1.82) is 0 Å². The summed E-state index contributed by atoms with van der Waals surface area (Å²) in [6, 6.07) is 10.7. The van der Waals surface area contributed by atoms with Gasteiger partial charge in [0.2, 0.25) is 5.88 Å². The van der Waals surface area contributed by atoms with E-state index in [9.17, 15) is 0 Å². The maximum Gasteiger partial charge on any atom is 0.238 e. The topological polar surface area (TPSA) is 44.2 Å². The van der Waals surface area contributed by atoms with Gasteiger partial charge in [0, 0.05) is 6.07 Å². The fourth-order valence-corrected chi connectivity index (χ4v) is 1.38. The quantitative estimate of drug-likeness (QED) is 0.783. The number of benzene rings is 1. The molecule has 5 heteroatoms. The van der Waals surface area contributed by atoms with E-state index in [1.807, 2.05) is 12.1 Å². The fraction of sp³-hybridized carbons (Fsp3) is 0.167. The highest BCUT2D eigenvalue weighted by atomic mass is 35.5. The van der Waals surface area contributed by atoms with E-state index in [4.69, 9.17) is 21.1 Å². The monoisotopic (exact) mass is 250 g/mol. The van der Waals surface area contributed by atoms with Gasteiger partial charge in [-0.2, -0.15) is 5.10 Å². The Bertz CT molecular complexity index is 425. The van der Waals surface area contributed by atoms with E-state index >= 15 is 0 Å². The number of methoxy groups -OCH3 is 1. The zero-order valence-corrected chi connectivity index (χ0v) is 10.0. The molecule has 0 spiro atoms. The van der Waals surface area contributed by atoms with Crippen molar-refractivity contribution in [2.24, 2.45) is 0 Å². The van der Waals surface area contributed by atoms with Crippen molar-refractivity contribution in [2.45, 2.75) is 5.88 Å². The van der Waals surface area contributed by atoms with Gasteiger partial charge in [0.15, 0.2) is 0 Å². The van der Waals surface area contributed by atoms with Crippen LogP contribution in [0.1, 0.15) is 5.69 Å². The van der Waals surface area contributed by atoms with Gasteiger partial charge >= 0.3 is 0 Å². The van der Waals surface area contributed by atoms with Crippen LogP contribution in [0.15, 0.2) is 36.4 Å². The lowest BCUT2D eigenvalue weighted by Gasteiger charge is -2.05. The normalized spacial score (nSPS) is 10.0. The van der Waals surface area contributed by atoms with Crippen molar-refractivity contribution in [2.75, 3.05) is 7.11 Å². The molecule has 0 atom stereocenters. The third kappa shape index (κ3) is 3.07. The molecule has 0 amide bonds. The summed E-state index contributed by atoms with van der Waals surface area (Å²) in [7, 11) is 1.62. The van der Waals surface area contributed by atoms with Gasteiger partial charge in [0.1, 0.15) is 11.5 Å². The Kier molecular flexibility index (Phi) is 3.77. The number of hydrogen-bond donors (Lipinski definition) is 0. The Hall–Kier alpha value is -1.81. The van der Waals surface area contributed by atoms with Crippen molar-refractivity contribution >= 4 is 11.6 Å². The molecule has 2 rings (SSSR count). The second-order valence-corrected chi connectivity index (χ2v) is 3.54. The van der Waals surface area contributed by atoms with Crippen molar-refractivity contribution < 1.29 is 9.47 Å². The smallest absolute Gasteiger partial charge is 0.238 e. The minimum atomic E-state index is 0.343. The Morgan fingerprint density at radius 3 is 2.24 bits per heavy atom. The maximum absolute atomic E-state index is 5.62. The van der Waals surface area contributed by atoms with Crippen molar-refractivity contribution in [1.82, 2.24) is 10.2 Å². The molecule has 0 radical (unpaired) electrons. The number of hydrogen-bond acceptors (Lipinski definition) is 4. The van der Waals surface area contributed by atoms with E-state index in [-0.39, 0.29) is 0 Å². The number of nitrogens with zero attached hydrogens (tertiary/aromatic N) is 2. The molecule has 0 unspecified atom stereocenters. The van der Waals surface area contributed by atoms with Crippen LogP contribution < -0.4 is 9.47 Å². The van der Waals surface area contributed by atoms with E-state index in [1.165, 1.54) is 0 Å². The number of aromatic nitrogens is 2. The summed E-state index contributed by atoms with van der Waals surface area (Å²) in [6.45, 7) is 0. The largest absolute Gasteiger partial charge is 0.497 e. The minimum Gasteiger partial charge on any atom is -0.497 e. The molecule has 1 heterocycles. The van der Waals surface area contributed by atoms with Gasteiger partial charge in [-0.05, 0) is 30.3 Å². The fourth-order valence-electron chi connectivity index (χ4n) is 1.24. The first-order chi connectivity index (χ1) is 8.31. The molecule has 88 valence electrons. The Morgan fingerprint density at radius 2 is 1.71 bits per heavy atom. The number of ether oxygens (including phenoxy) is 2. The SMILES string of the molecule is COc1ccc(Oc2ccc(CCl)nn2)cc1. The van der Waals surface area contributed by atoms with Crippen molar-refractivity contribution in [3.63, 3.8) is 0 Å². The Morgan fingerprint density at radius 1 is 1.00 bits per heavy atom. The first-order valence-corrected chi connectivity index (χ1v) is 5.56. The molecule has 1 aromatic carbocycles. The van der Waals surface area contributed by atoms with Crippen LogP contribution in [-0.2, 0) is 5.88 Å². The molecular weight excluding hydrogens is 240 g/mol. The molecule has 0 saturated heterocycles. The summed E-state index contributed by atoms with van der Waals surface area (Å²) >= 11 is 5.62. The molecular formula is C12H11ClN2O2. The second kappa shape index (κ2) is 5.50. The summed E-state index contributed by atoms with van der Waals surface area (Å²) in [5.41, 5.74) is 0.716. The van der Waals surface area contributed by atoms with Gasteiger partial charge < -0.3 is 9.47 Å². The molecule has 0 aliphatic rings. The van der Waals surface area contributed by atoms with Crippen molar-refractivity contribution in [3.05, 3.63) is 42.1 Å². The van der Waals surface area contributed by atoms with Crippen molar-refractivity contribution in [3.8, 4) is 17.4 Å². The standard InChI is InChI=1S/C12H11ClN2O2/c1-16-10-3-5-11(6-4-10)17-12-7-2-9(8-13)14-15-12/h2-7H,8H2,1H3. The van der Waals surface area contributed by atoms with Gasteiger partial charge in [0.25, 0.3) is 0 Å². The van der Waals surface area contributed by atoms with E-state index in [1.54, 1.807) is 31.4 Å². The number of halogens is 1. The predicted molar refractivity (Wildman–Crippen MR) is 64.7 cm³/mol. The first-order valence-electron chi connectivity index (χ1n) is 5.02. The molecule has 0 aliphatic carbocycles. The Balaban J connectivity index is 2.08. The van der Waals surface area contributed by atoms with E-state index in [0.717, 1.165) is 5.75 Å². The molecule has 0 bridgehead atoms. The van der Waals surface area contributed by atoms with Gasteiger partial charge in [0.05, 0.1) is 18.7 Å². The van der Waals surface area contributed by atoms with Crippen LogP contribution in [0.4, 0.5) is 0 Å². The summed E-state index contributed by atoms with van der Waals surface area (Å²) < 4.78 is 10.6. The van der Waals surface area contributed by atoms with Gasteiger partial charge in [-0.3, -0.25) is 0 Å². The lowest BCUT2D eigenvalue weighted by Crippen LogP contribution is -1.93. The molecule has 1 aromatic heterocycles. The molecule has 0 saturated carbocycles. The summed E-state index contributed by atoms with van der Waals surface area (Å²) in [4.78, 5) is 0. The molecule has 0 aliphatic heterocycles. The molecule has 4 nitrogen and oxygen atoms in total. The highest BCUT2D eigenvalue weighted by Gasteiger charge is 2.00. The van der Waals surface area contributed by atoms with E-state index < -0.39 is 0 Å². The van der Waals surface area contributed by atoms with E-state index in [0.29, 0.717) is 23.2 Å². The average Bonchev–Trinajstić information content (AvgIpc) is 2.40. The lowest BCUT2D eigenvalue weighted by atomic mass is 10.3. The third-order valence-corrected chi connectivity index (χ3v) is 2.39. The molecule has 0 fully saturated rings. The highest BCUT2D eigenvalue weighted by molar-refractivity contribution is 6.16. The second-order valence-electron chi connectivity index (χ2n) is 3.27. The zero-order chi connectivity index (χ0) is 12.1. The van der Waals surface area contributed by atoms with Gasteiger partial charge in [-0.15, -0.1) is 16.7 Å². The predicted octanol–water partition coefficient (Wildman–Crippen LogP) is 3.02. The average molecular weight is 251 g/mol. The van der Waals surface area contributed by atoms with Gasteiger partial charge in [-0.1, -0.05) is 0 Å². The summed E-state index contributed by atoms with van der Waals surface area (Å²) in [6.07, 6.45) is 0.